The predicted octanol–water partition coefficient (Wildman–Crippen LogP) is 2.40. The molecule has 2 bridgehead atoms. The summed E-state index contributed by atoms with van der Waals surface area (Å²) in [7, 11) is -3.40. The molecule has 0 radical (unpaired) electrons. The van der Waals surface area contributed by atoms with Gasteiger partial charge in [0.25, 0.3) is 10.2 Å². The number of nitrogens with zero attached hydrogens (tertiary/aromatic N) is 2. The Morgan fingerprint density at radius 3 is 2.54 bits per heavy atom. The van der Waals surface area contributed by atoms with Gasteiger partial charge < -0.3 is 4.74 Å². The highest BCUT2D eigenvalue weighted by Gasteiger charge is 2.53. The summed E-state index contributed by atoms with van der Waals surface area (Å²) in [5.74, 6) is 0.644. The van der Waals surface area contributed by atoms with E-state index in [1.165, 1.54) is 12.1 Å². The van der Waals surface area contributed by atoms with Gasteiger partial charge in [-0.2, -0.15) is 17.0 Å². The number of benzene rings is 1. The number of fused-ring (bicyclic) bond motifs is 2. The summed E-state index contributed by atoms with van der Waals surface area (Å²) in [6.45, 7) is 1.59. The average molecular weight is 354 g/mol. The largest absolute Gasteiger partial charge is 0.492 e. The third-order valence-corrected chi connectivity index (χ3v) is 7.69. The van der Waals surface area contributed by atoms with Crippen LogP contribution in [0, 0.1) is 11.7 Å². The zero-order valence-electron chi connectivity index (χ0n) is 13.6. The maximum absolute atomic E-state index is 13.0. The Morgan fingerprint density at radius 2 is 1.83 bits per heavy atom. The van der Waals surface area contributed by atoms with E-state index in [4.69, 9.17) is 4.74 Å². The van der Waals surface area contributed by atoms with E-state index in [1.807, 2.05) is 0 Å². The van der Waals surface area contributed by atoms with Crippen molar-refractivity contribution < 1.29 is 17.5 Å². The summed E-state index contributed by atoms with van der Waals surface area (Å²) in [5.41, 5.74) is 0. The van der Waals surface area contributed by atoms with Gasteiger partial charge in [0, 0.05) is 19.1 Å². The molecule has 0 amide bonds. The Labute approximate surface area is 142 Å². The second-order valence-electron chi connectivity index (χ2n) is 7.00. The van der Waals surface area contributed by atoms with E-state index in [1.54, 1.807) is 20.7 Å². The molecule has 1 saturated carbocycles. The molecule has 3 atom stereocenters. The van der Waals surface area contributed by atoms with Crippen LogP contribution in [-0.2, 0) is 10.2 Å². The minimum atomic E-state index is -3.40. The van der Waals surface area contributed by atoms with Crippen LogP contribution >= 0.6 is 0 Å². The lowest BCUT2D eigenvalue weighted by Gasteiger charge is -2.36. The van der Waals surface area contributed by atoms with Crippen molar-refractivity contribution in [2.24, 2.45) is 5.92 Å². The molecule has 1 aromatic rings. The molecule has 0 N–H and O–H groups in total. The third kappa shape index (κ3) is 2.82. The van der Waals surface area contributed by atoms with Gasteiger partial charge in [0.2, 0.25) is 0 Å². The number of piperidine rings is 1. The van der Waals surface area contributed by atoms with E-state index < -0.39 is 10.2 Å². The predicted molar refractivity (Wildman–Crippen MR) is 88.4 cm³/mol. The van der Waals surface area contributed by atoms with Crippen molar-refractivity contribution in [3.05, 3.63) is 30.1 Å². The normalized spacial score (nSPS) is 31.0. The number of hydrogen-bond donors (Lipinski definition) is 0. The summed E-state index contributed by atoms with van der Waals surface area (Å²) in [6, 6.07) is 5.88. The molecule has 1 aromatic carbocycles. The lowest BCUT2D eigenvalue weighted by molar-refractivity contribution is 0.156. The molecule has 4 rings (SSSR count). The molecule has 0 spiro atoms. The van der Waals surface area contributed by atoms with Gasteiger partial charge in [0.15, 0.2) is 0 Å². The SMILES string of the molecule is O=S(=O)(N1CCCC1)N1[C@H]2CC[C@H](C2)[C@H]1COc1ccc(F)cc1. The van der Waals surface area contributed by atoms with Gasteiger partial charge in [0.05, 0.1) is 6.04 Å². The molecular formula is C17H23FN2O3S. The second-order valence-corrected chi connectivity index (χ2v) is 8.84. The monoisotopic (exact) mass is 354 g/mol. The molecule has 2 saturated heterocycles. The van der Waals surface area contributed by atoms with E-state index >= 15 is 0 Å². The highest BCUT2D eigenvalue weighted by atomic mass is 32.2. The first-order chi connectivity index (χ1) is 11.6. The molecule has 132 valence electrons. The number of hydrogen-bond acceptors (Lipinski definition) is 3. The Balaban J connectivity index is 1.51. The van der Waals surface area contributed by atoms with Crippen molar-refractivity contribution >= 4 is 10.2 Å². The minimum absolute atomic E-state index is 0.112. The van der Waals surface area contributed by atoms with Crippen molar-refractivity contribution in [2.75, 3.05) is 19.7 Å². The second kappa shape index (κ2) is 6.28. The zero-order valence-corrected chi connectivity index (χ0v) is 14.4. The molecule has 3 aliphatic rings. The van der Waals surface area contributed by atoms with Crippen LogP contribution in [-0.4, -0.2) is 48.8 Å². The van der Waals surface area contributed by atoms with Crippen molar-refractivity contribution in [2.45, 2.75) is 44.2 Å². The van der Waals surface area contributed by atoms with Crippen molar-refractivity contribution in [3.63, 3.8) is 0 Å². The quantitative estimate of drug-likeness (QED) is 0.816. The topological polar surface area (TPSA) is 49.9 Å². The maximum atomic E-state index is 13.0. The van der Waals surface area contributed by atoms with Crippen LogP contribution < -0.4 is 4.74 Å². The average Bonchev–Trinajstić information content (AvgIpc) is 3.30. The van der Waals surface area contributed by atoms with Gasteiger partial charge in [-0.15, -0.1) is 0 Å². The summed E-state index contributed by atoms with van der Waals surface area (Å²) in [4.78, 5) is 0. The van der Waals surface area contributed by atoms with Crippen LogP contribution in [0.15, 0.2) is 24.3 Å². The molecule has 1 aliphatic carbocycles. The molecule has 2 heterocycles. The van der Waals surface area contributed by atoms with Gasteiger partial charge >= 0.3 is 0 Å². The molecular weight excluding hydrogens is 331 g/mol. The zero-order chi connectivity index (χ0) is 16.7. The van der Waals surface area contributed by atoms with Gasteiger partial charge in [-0.05, 0) is 62.3 Å². The fraction of sp³-hybridized carbons (Fsp3) is 0.647. The fourth-order valence-electron chi connectivity index (χ4n) is 4.38. The highest BCUT2D eigenvalue weighted by molar-refractivity contribution is 7.86. The molecule has 24 heavy (non-hydrogen) atoms. The Kier molecular flexibility index (Phi) is 4.26. The molecule has 7 heteroatoms. The Bertz CT molecular complexity index is 688. The molecule has 0 unspecified atom stereocenters. The van der Waals surface area contributed by atoms with Crippen LogP contribution in [0.5, 0.6) is 5.75 Å². The maximum Gasteiger partial charge on any atom is 0.282 e. The van der Waals surface area contributed by atoms with Crippen LogP contribution in [0.1, 0.15) is 32.1 Å². The van der Waals surface area contributed by atoms with Crippen molar-refractivity contribution in [1.82, 2.24) is 8.61 Å². The molecule has 0 aromatic heterocycles. The van der Waals surface area contributed by atoms with E-state index in [-0.39, 0.29) is 17.9 Å². The van der Waals surface area contributed by atoms with Gasteiger partial charge in [-0.3, -0.25) is 0 Å². The van der Waals surface area contributed by atoms with E-state index in [0.717, 1.165) is 32.1 Å². The minimum Gasteiger partial charge on any atom is -0.492 e. The van der Waals surface area contributed by atoms with Crippen LogP contribution in [0.3, 0.4) is 0 Å². The summed E-state index contributed by atoms with van der Waals surface area (Å²) in [6.07, 6.45) is 4.83. The van der Waals surface area contributed by atoms with Gasteiger partial charge in [0.1, 0.15) is 18.2 Å². The lowest BCUT2D eigenvalue weighted by Crippen LogP contribution is -2.52. The standard InChI is InChI=1S/C17H23FN2O3S/c18-14-4-7-16(8-5-14)23-12-17-13-3-6-15(11-13)20(17)24(21,22)19-9-1-2-10-19/h4-5,7-8,13,15,17H,1-3,6,9-12H2/t13-,15+,17-/m1/s1. The van der Waals surface area contributed by atoms with Crippen molar-refractivity contribution in [3.8, 4) is 5.75 Å². The summed E-state index contributed by atoms with van der Waals surface area (Å²) < 4.78 is 48.2. The smallest absolute Gasteiger partial charge is 0.282 e. The number of ether oxygens (including phenoxy) is 1. The van der Waals surface area contributed by atoms with Crippen molar-refractivity contribution in [1.29, 1.82) is 0 Å². The fourth-order valence-corrected chi connectivity index (χ4v) is 6.51. The van der Waals surface area contributed by atoms with Crippen LogP contribution in [0.4, 0.5) is 4.39 Å². The summed E-state index contributed by atoms with van der Waals surface area (Å²) >= 11 is 0. The highest BCUT2D eigenvalue weighted by Crippen LogP contribution is 2.45. The van der Waals surface area contributed by atoms with Crippen LogP contribution in [0.2, 0.25) is 0 Å². The molecule has 2 aliphatic heterocycles. The first kappa shape index (κ1) is 16.3. The first-order valence-corrected chi connectivity index (χ1v) is 10.1. The third-order valence-electron chi connectivity index (χ3n) is 5.57. The van der Waals surface area contributed by atoms with E-state index in [9.17, 15) is 12.8 Å². The molecule has 5 nitrogen and oxygen atoms in total. The van der Waals surface area contributed by atoms with E-state index in [0.29, 0.717) is 31.4 Å². The Hall–Kier alpha value is -1.18. The Morgan fingerprint density at radius 1 is 1.12 bits per heavy atom. The molecule has 3 fully saturated rings. The van der Waals surface area contributed by atoms with Gasteiger partial charge in [-0.1, -0.05) is 0 Å². The van der Waals surface area contributed by atoms with E-state index in [2.05, 4.69) is 0 Å². The van der Waals surface area contributed by atoms with Gasteiger partial charge in [-0.25, -0.2) is 4.39 Å². The number of rotatable bonds is 5. The first-order valence-electron chi connectivity index (χ1n) is 8.73. The summed E-state index contributed by atoms with van der Waals surface area (Å²) in [5, 5.41) is 0. The number of halogens is 1. The lowest BCUT2D eigenvalue weighted by atomic mass is 10.0. The van der Waals surface area contributed by atoms with Crippen LogP contribution in [0.25, 0.3) is 0 Å².